The molecule has 0 bridgehead atoms. The topological polar surface area (TPSA) is 67.2 Å². The molecule has 0 atom stereocenters. The molecule has 0 radical (unpaired) electrons. The van der Waals surface area contributed by atoms with Crippen LogP contribution in [0.25, 0.3) is 0 Å². The molecule has 0 unspecified atom stereocenters. The molecule has 21 heavy (non-hydrogen) atoms. The number of nitrogens with zero attached hydrogens (tertiary/aromatic N) is 1. The second-order valence-electron chi connectivity index (χ2n) is 4.80. The highest BCUT2D eigenvalue weighted by Gasteiger charge is 2.15. The van der Waals surface area contributed by atoms with Crippen LogP contribution >= 0.6 is 0 Å². The van der Waals surface area contributed by atoms with E-state index < -0.39 is 0 Å². The lowest BCUT2D eigenvalue weighted by Gasteiger charge is -2.09. The lowest BCUT2D eigenvalue weighted by atomic mass is 10.1. The lowest BCUT2D eigenvalue weighted by Crippen LogP contribution is -2.10. The number of hydrogen-bond donors (Lipinski definition) is 2. The van der Waals surface area contributed by atoms with E-state index in [0.717, 1.165) is 18.7 Å². The van der Waals surface area contributed by atoms with Gasteiger partial charge in [0.2, 0.25) is 0 Å². The Bertz CT molecular complexity index is 600. The number of para-hydroxylation sites is 2. The lowest BCUT2D eigenvalue weighted by molar-refractivity contribution is -0.384. The Hall–Kier alpha value is -2.56. The number of rotatable bonds is 7. The van der Waals surface area contributed by atoms with Crippen LogP contribution in [0.5, 0.6) is 0 Å². The van der Waals surface area contributed by atoms with Crippen LogP contribution < -0.4 is 10.6 Å². The van der Waals surface area contributed by atoms with E-state index in [0.29, 0.717) is 17.8 Å². The number of hydrogen-bond acceptors (Lipinski definition) is 4. The molecule has 2 aromatic rings. The van der Waals surface area contributed by atoms with Crippen LogP contribution in [0.1, 0.15) is 12.0 Å². The van der Waals surface area contributed by atoms with Crippen LogP contribution in [0.3, 0.4) is 0 Å². The van der Waals surface area contributed by atoms with E-state index in [9.17, 15) is 10.1 Å². The van der Waals surface area contributed by atoms with Gasteiger partial charge in [-0.1, -0.05) is 30.3 Å². The summed E-state index contributed by atoms with van der Waals surface area (Å²) >= 11 is 0. The smallest absolute Gasteiger partial charge is 0.295 e. The maximum Gasteiger partial charge on any atom is 0.295 e. The summed E-state index contributed by atoms with van der Waals surface area (Å²) in [6, 6.07) is 15.3. The predicted molar refractivity (Wildman–Crippen MR) is 85.9 cm³/mol. The molecule has 0 amide bonds. The van der Waals surface area contributed by atoms with E-state index >= 15 is 0 Å². The molecule has 0 aliphatic carbocycles. The Morgan fingerprint density at radius 3 is 2.43 bits per heavy atom. The van der Waals surface area contributed by atoms with Crippen molar-refractivity contribution in [3.8, 4) is 0 Å². The molecule has 5 nitrogen and oxygen atoms in total. The molecule has 0 aliphatic rings. The van der Waals surface area contributed by atoms with Crippen LogP contribution in [0, 0.1) is 17.0 Å². The number of nitrogens with one attached hydrogen (secondary N) is 2. The molecule has 0 spiro atoms. The number of anilines is 2. The molecule has 0 fully saturated rings. The molecule has 0 heterocycles. The fourth-order valence-electron chi connectivity index (χ4n) is 2.14. The zero-order valence-corrected chi connectivity index (χ0v) is 12.0. The third-order valence-electron chi connectivity index (χ3n) is 3.19. The van der Waals surface area contributed by atoms with Crippen molar-refractivity contribution in [2.75, 3.05) is 23.7 Å². The van der Waals surface area contributed by atoms with E-state index in [1.807, 2.05) is 36.4 Å². The van der Waals surface area contributed by atoms with Gasteiger partial charge in [0, 0.05) is 24.3 Å². The molecule has 2 rings (SSSR count). The number of aryl methyl sites for hydroxylation is 1. The van der Waals surface area contributed by atoms with Gasteiger partial charge >= 0.3 is 0 Å². The van der Waals surface area contributed by atoms with Gasteiger partial charge in [0.15, 0.2) is 0 Å². The Kier molecular flexibility index (Phi) is 5.15. The van der Waals surface area contributed by atoms with Gasteiger partial charge in [0.25, 0.3) is 5.69 Å². The van der Waals surface area contributed by atoms with E-state index in [1.54, 1.807) is 19.1 Å². The summed E-state index contributed by atoms with van der Waals surface area (Å²) in [4.78, 5) is 10.7. The minimum atomic E-state index is -0.333. The largest absolute Gasteiger partial charge is 0.385 e. The van der Waals surface area contributed by atoms with Gasteiger partial charge in [-0.2, -0.15) is 0 Å². The van der Waals surface area contributed by atoms with Crippen molar-refractivity contribution in [3.63, 3.8) is 0 Å². The van der Waals surface area contributed by atoms with Crippen molar-refractivity contribution < 1.29 is 4.92 Å². The molecule has 0 aromatic heterocycles. The van der Waals surface area contributed by atoms with E-state index in [2.05, 4.69) is 10.6 Å². The first kappa shape index (κ1) is 14.8. The summed E-state index contributed by atoms with van der Waals surface area (Å²) in [5.74, 6) is 0. The van der Waals surface area contributed by atoms with Crippen molar-refractivity contribution in [1.29, 1.82) is 0 Å². The van der Waals surface area contributed by atoms with Crippen LogP contribution in [-0.4, -0.2) is 18.0 Å². The maximum atomic E-state index is 11.1. The first-order chi connectivity index (χ1) is 10.2. The summed E-state index contributed by atoms with van der Waals surface area (Å²) in [7, 11) is 0. The van der Waals surface area contributed by atoms with Crippen LogP contribution in [0.4, 0.5) is 17.1 Å². The average molecular weight is 285 g/mol. The highest BCUT2D eigenvalue weighted by molar-refractivity contribution is 5.64. The first-order valence-corrected chi connectivity index (χ1v) is 6.95. The second-order valence-corrected chi connectivity index (χ2v) is 4.80. The van der Waals surface area contributed by atoms with Crippen molar-refractivity contribution in [1.82, 2.24) is 0 Å². The monoisotopic (exact) mass is 285 g/mol. The van der Waals surface area contributed by atoms with E-state index in [4.69, 9.17) is 0 Å². The minimum absolute atomic E-state index is 0.161. The maximum absolute atomic E-state index is 11.1. The molecular formula is C16H19N3O2. The SMILES string of the molecule is Cc1cccc(NCCCNc2ccccc2)c1[N+](=O)[O-]. The molecule has 2 aromatic carbocycles. The van der Waals surface area contributed by atoms with Crippen molar-refractivity contribution in [2.24, 2.45) is 0 Å². The van der Waals surface area contributed by atoms with Crippen LogP contribution in [0.15, 0.2) is 48.5 Å². The van der Waals surface area contributed by atoms with Gasteiger partial charge in [-0.05, 0) is 31.5 Å². The van der Waals surface area contributed by atoms with E-state index in [1.165, 1.54) is 0 Å². The van der Waals surface area contributed by atoms with Gasteiger partial charge < -0.3 is 10.6 Å². The van der Waals surface area contributed by atoms with Gasteiger partial charge in [-0.25, -0.2) is 0 Å². The molecule has 5 heteroatoms. The summed E-state index contributed by atoms with van der Waals surface area (Å²) in [6.07, 6.45) is 0.875. The van der Waals surface area contributed by atoms with Gasteiger partial charge in [0.05, 0.1) is 4.92 Å². The summed E-state index contributed by atoms with van der Waals surface area (Å²) in [5.41, 5.74) is 2.50. The molecular weight excluding hydrogens is 266 g/mol. The third kappa shape index (κ3) is 4.21. The van der Waals surface area contributed by atoms with Crippen molar-refractivity contribution in [3.05, 3.63) is 64.2 Å². The first-order valence-electron chi connectivity index (χ1n) is 6.95. The Morgan fingerprint density at radius 2 is 1.71 bits per heavy atom. The highest BCUT2D eigenvalue weighted by Crippen LogP contribution is 2.27. The molecule has 0 saturated carbocycles. The molecule has 0 aliphatic heterocycles. The average Bonchev–Trinajstić information content (AvgIpc) is 2.47. The predicted octanol–water partition coefficient (Wildman–Crippen LogP) is 3.82. The van der Waals surface area contributed by atoms with Gasteiger partial charge in [-0.3, -0.25) is 10.1 Å². The van der Waals surface area contributed by atoms with Gasteiger partial charge in [0.1, 0.15) is 5.69 Å². The molecule has 2 N–H and O–H groups in total. The number of nitro groups is 1. The van der Waals surface area contributed by atoms with Crippen molar-refractivity contribution >= 4 is 17.1 Å². The fourth-order valence-corrected chi connectivity index (χ4v) is 2.14. The summed E-state index contributed by atoms with van der Waals surface area (Å²) < 4.78 is 0. The molecule has 0 saturated heterocycles. The third-order valence-corrected chi connectivity index (χ3v) is 3.19. The van der Waals surface area contributed by atoms with E-state index in [-0.39, 0.29) is 10.6 Å². The zero-order chi connectivity index (χ0) is 15.1. The number of benzene rings is 2. The quantitative estimate of drug-likeness (QED) is 0.461. The Balaban J connectivity index is 1.81. The molecule has 110 valence electrons. The summed E-state index contributed by atoms with van der Waals surface area (Å²) in [5, 5.41) is 17.5. The zero-order valence-electron chi connectivity index (χ0n) is 12.0. The highest BCUT2D eigenvalue weighted by atomic mass is 16.6. The Labute approximate surface area is 124 Å². The fraction of sp³-hybridized carbons (Fsp3) is 0.250. The standard InChI is InChI=1S/C16H19N3O2/c1-13-7-5-10-15(16(13)19(20)21)18-12-6-11-17-14-8-3-2-4-9-14/h2-5,7-10,17-18H,6,11-12H2,1H3. The second kappa shape index (κ2) is 7.28. The number of nitro benzene ring substituents is 1. The van der Waals surface area contributed by atoms with Crippen molar-refractivity contribution in [2.45, 2.75) is 13.3 Å². The summed E-state index contributed by atoms with van der Waals surface area (Å²) in [6.45, 7) is 3.25. The van der Waals surface area contributed by atoms with Crippen LogP contribution in [0.2, 0.25) is 0 Å². The van der Waals surface area contributed by atoms with Crippen LogP contribution in [-0.2, 0) is 0 Å². The van der Waals surface area contributed by atoms with Gasteiger partial charge in [-0.15, -0.1) is 0 Å². The Morgan fingerprint density at radius 1 is 1.00 bits per heavy atom. The minimum Gasteiger partial charge on any atom is -0.385 e. The normalized spacial score (nSPS) is 10.1.